The van der Waals surface area contributed by atoms with E-state index in [2.05, 4.69) is 15.3 Å². The number of rotatable bonds is 5. The molecule has 1 heterocycles. The number of halogens is 1. The highest BCUT2D eigenvalue weighted by atomic mass is 35.5. The van der Waals surface area contributed by atoms with Crippen molar-refractivity contribution >= 4 is 36.1 Å². The van der Waals surface area contributed by atoms with E-state index in [-0.39, 0.29) is 0 Å². The average Bonchev–Trinajstić information content (AvgIpc) is 3.01. The highest BCUT2D eigenvalue weighted by Crippen LogP contribution is 2.28. The molecule has 0 spiro atoms. The molecule has 0 radical (unpaired) electrons. The number of H-pyrrole nitrogens is 1. The van der Waals surface area contributed by atoms with Gasteiger partial charge in [-0.2, -0.15) is 14.9 Å². The van der Waals surface area contributed by atoms with Crippen molar-refractivity contribution in [3.05, 3.63) is 70.0 Å². The van der Waals surface area contributed by atoms with Crippen LogP contribution >= 0.6 is 23.8 Å². The molecule has 0 fully saturated rings. The van der Waals surface area contributed by atoms with E-state index >= 15 is 0 Å². The molecule has 0 aliphatic carbocycles. The summed E-state index contributed by atoms with van der Waals surface area (Å²) in [6, 6.07) is 17.3. The smallest absolute Gasteiger partial charge is 0.216 e. The summed E-state index contributed by atoms with van der Waals surface area (Å²) in [6.07, 6.45) is 3.34. The van der Waals surface area contributed by atoms with Gasteiger partial charge in [-0.3, -0.25) is 0 Å². The van der Waals surface area contributed by atoms with Gasteiger partial charge in [0.25, 0.3) is 0 Å². The van der Waals surface area contributed by atoms with Gasteiger partial charge in [0, 0.05) is 0 Å². The summed E-state index contributed by atoms with van der Waals surface area (Å²) in [5.74, 6) is 1.22. The Morgan fingerprint density at radius 1 is 1.20 bits per heavy atom. The Morgan fingerprint density at radius 2 is 1.92 bits per heavy atom. The van der Waals surface area contributed by atoms with E-state index in [4.69, 9.17) is 28.6 Å². The van der Waals surface area contributed by atoms with Crippen molar-refractivity contribution in [2.45, 2.75) is 0 Å². The second-order valence-electron chi connectivity index (χ2n) is 5.05. The largest absolute Gasteiger partial charge is 0.496 e. The van der Waals surface area contributed by atoms with Gasteiger partial charge in [0.2, 0.25) is 4.77 Å². The van der Waals surface area contributed by atoms with E-state index < -0.39 is 0 Å². The molecular weight excluding hydrogens is 356 g/mol. The van der Waals surface area contributed by atoms with Crippen LogP contribution in [-0.2, 0) is 0 Å². The van der Waals surface area contributed by atoms with Crippen LogP contribution in [0.25, 0.3) is 17.5 Å². The van der Waals surface area contributed by atoms with Gasteiger partial charge < -0.3 is 4.74 Å². The van der Waals surface area contributed by atoms with Crippen LogP contribution in [0, 0.1) is 4.77 Å². The Balaban J connectivity index is 1.95. The number of aromatic amines is 1. The average molecular weight is 371 g/mol. The van der Waals surface area contributed by atoms with Gasteiger partial charge in [-0.05, 0) is 36.0 Å². The molecule has 1 N–H and O–H groups in total. The summed E-state index contributed by atoms with van der Waals surface area (Å²) in [5.41, 5.74) is 1.76. The number of hydrogen-bond acceptors (Lipinski definition) is 4. The quantitative estimate of drug-likeness (QED) is 0.521. The molecule has 1 aromatic heterocycles. The summed E-state index contributed by atoms with van der Waals surface area (Å²) in [5, 5.41) is 11.8. The first-order valence-electron chi connectivity index (χ1n) is 7.46. The molecule has 25 heavy (non-hydrogen) atoms. The molecule has 0 bridgehead atoms. The zero-order valence-corrected chi connectivity index (χ0v) is 15.0. The lowest BCUT2D eigenvalue weighted by Crippen LogP contribution is -1.96. The molecule has 3 rings (SSSR count). The maximum absolute atomic E-state index is 6.25. The van der Waals surface area contributed by atoms with Gasteiger partial charge in [0.1, 0.15) is 5.75 Å². The maximum atomic E-state index is 6.25. The van der Waals surface area contributed by atoms with Crippen molar-refractivity contribution in [2.24, 2.45) is 5.10 Å². The zero-order valence-electron chi connectivity index (χ0n) is 13.4. The van der Waals surface area contributed by atoms with Crippen LogP contribution in [-0.4, -0.2) is 28.2 Å². The van der Waals surface area contributed by atoms with Crippen molar-refractivity contribution in [3.63, 3.8) is 0 Å². The van der Waals surface area contributed by atoms with Gasteiger partial charge in [0.15, 0.2) is 5.82 Å². The lowest BCUT2D eigenvalue weighted by molar-refractivity contribution is 0.416. The van der Waals surface area contributed by atoms with E-state index in [9.17, 15) is 0 Å². The number of para-hydroxylation sites is 1. The third kappa shape index (κ3) is 4.04. The molecule has 2 aromatic carbocycles. The molecular formula is C18H15ClN4OS. The summed E-state index contributed by atoms with van der Waals surface area (Å²) in [4.78, 5) is 0. The molecule has 5 nitrogen and oxygen atoms in total. The first-order valence-corrected chi connectivity index (χ1v) is 8.25. The molecule has 7 heteroatoms. The standard InChI is InChI=1S/C18H15ClN4OS/c1-24-16-10-6-5-9-15(16)17-21-22-18(25)23(17)20-12-14(19)11-13-7-3-2-4-8-13/h2-12H,1H3,(H,22,25). The minimum Gasteiger partial charge on any atom is -0.496 e. The fraction of sp³-hybridized carbons (Fsp3) is 0.0556. The molecule has 0 unspecified atom stereocenters. The lowest BCUT2D eigenvalue weighted by atomic mass is 10.2. The van der Waals surface area contributed by atoms with E-state index in [1.165, 1.54) is 10.9 Å². The van der Waals surface area contributed by atoms with E-state index in [0.29, 0.717) is 21.4 Å². The predicted octanol–water partition coefficient (Wildman–Crippen LogP) is 4.73. The minimum atomic E-state index is 0.362. The Bertz CT molecular complexity index is 976. The van der Waals surface area contributed by atoms with Crippen LogP contribution in [0.2, 0.25) is 0 Å². The number of nitrogens with one attached hydrogen (secondary N) is 1. The zero-order chi connectivity index (χ0) is 17.6. The third-order valence-electron chi connectivity index (χ3n) is 3.40. The van der Waals surface area contributed by atoms with Crippen LogP contribution in [0.1, 0.15) is 5.56 Å². The Labute approximate surface area is 155 Å². The van der Waals surface area contributed by atoms with E-state index in [1.54, 1.807) is 7.11 Å². The summed E-state index contributed by atoms with van der Waals surface area (Å²) in [7, 11) is 1.60. The van der Waals surface area contributed by atoms with Gasteiger partial charge in [-0.15, -0.1) is 0 Å². The SMILES string of the molecule is COc1ccccc1-c1n[nH]c(=S)n1N=CC(Cl)=Cc1ccccc1. The number of nitrogens with zero attached hydrogens (tertiary/aromatic N) is 3. The molecule has 0 aliphatic rings. The number of allylic oxidation sites excluding steroid dienone is 1. The monoisotopic (exact) mass is 370 g/mol. The summed E-state index contributed by atoms with van der Waals surface area (Å²) >= 11 is 11.5. The second kappa shape index (κ2) is 7.92. The predicted molar refractivity (Wildman–Crippen MR) is 104 cm³/mol. The van der Waals surface area contributed by atoms with Gasteiger partial charge in [-0.1, -0.05) is 54.1 Å². The third-order valence-corrected chi connectivity index (χ3v) is 3.87. The van der Waals surface area contributed by atoms with Crippen molar-refractivity contribution < 1.29 is 4.74 Å². The molecule has 3 aromatic rings. The number of benzene rings is 2. The normalized spacial score (nSPS) is 11.8. The van der Waals surface area contributed by atoms with E-state index in [1.807, 2.05) is 60.7 Å². The minimum absolute atomic E-state index is 0.362. The van der Waals surface area contributed by atoms with Crippen molar-refractivity contribution in [3.8, 4) is 17.1 Å². The van der Waals surface area contributed by atoms with Gasteiger partial charge >= 0.3 is 0 Å². The molecule has 0 aliphatic heterocycles. The molecule has 0 atom stereocenters. The Hall–Kier alpha value is -2.70. The second-order valence-corrected chi connectivity index (χ2v) is 5.87. The maximum Gasteiger partial charge on any atom is 0.216 e. The molecule has 0 saturated carbocycles. The Kier molecular flexibility index (Phi) is 5.42. The van der Waals surface area contributed by atoms with Crippen molar-refractivity contribution in [1.82, 2.24) is 14.9 Å². The topological polar surface area (TPSA) is 55.2 Å². The van der Waals surface area contributed by atoms with Gasteiger partial charge in [0.05, 0.1) is 23.9 Å². The van der Waals surface area contributed by atoms with Crippen LogP contribution in [0.4, 0.5) is 0 Å². The van der Waals surface area contributed by atoms with Crippen molar-refractivity contribution in [1.29, 1.82) is 0 Å². The van der Waals surface area contributed by atoms with Gasteiger partial charge in [-0.25, -0.2) is 5.10 Å². The number of hydrogen-bond donors (Lipinski definition) is 1. The lowest BCUT2D eigenvalue weighted by Gasteiger charge is -2.06. The molecule has 0 amide bonds. The Morgan fingerprint density at radius 3 is 2.68 bits per heavy atom. The first-order chi connectivity index (χ1) is 12.2. The molecule has 126 valence electrons. The van der Waals surface area contributed by atoms with Crippen LogP contribution in [0.3, 0.4) is 0 Å². The fourth-order valence-electron chi connectivity index (χ4n) is 2.26. The number of ether oxygens (including phenoxy) is 1. The van der Waals surface area contributed by atoms with Crippen molar-refractivity contribution in [2.75, 3.05) is 7.11 Å². The number of aromatic nitrogens is 3. The summed E-state index contributed by atoms with van der Waals surface area (Å²) < 4.78 is 7.25. The van der Waals surface area contributed by atoms with E-state index in [0.717, 1.165) is 11.1 Å². The van der Waals surface area contributed by atoms with Crippen LogP contribution in [0.5, 0.6) is 5.75 Å². The molecule has 0 saturated heterocycles. The highest BCUT2D eigenvalue weighted by molar-refractivity contribution is 7.71. The van der Waals surface area contributed by atoms with Crippen LogP contribution in [0.15, 0.2) is 64.7 Å². The highest BCUT2D eigenvalue weighted by Gasteiger charge is 2.12. The fourth-order valence-corrected chi connectivity index (χ4v) is 2.61. The van der Waals surface area contributed by atoms with Crippen LogP contribution < -0.4 is 4.74 Å². The first kappa shape index (κ1) is 17.1. The summed E-state index contributed by atoms with van der Waals surface area (Å²) in [6.45, 7) is 0. The number of methoxy groups -OCH3 is 1.